The van der Waals surface area contributed by atoms with Crippen molar-refractivity contribution < 1.29 is 23.9 Å². The third-order valence-corrected chi connectivity index (χ3v) is 5.43. The second kappa shape index (κ2) is 8.70. The predicted molar refractivity (Wildman–Crippen MR) is 117 cm³/mol. The maximum Gasteiger partial charge on any atom is 0.258 e. The molecule has 2 heterocycles. The van der Waals surface area contributed by atoms with E-state index in [4.69, 9.17) is 25.3 Å². The number of hydrogen-bond donors (Lipinski definition) is 2. The monoisotopic (exact) mass is 442 g/mol. The average molecular weight is 443 g/mol. The summed E-state index contributed by atoms with van der Waals surface area (Å²) in [4.78, 5) is 4.49. The Morgan fingerprint density at radius 2 is 1.84 bits per heavy atom. The van der Waals surface area contributed by atoms with E-state index in [1.165, 1.54) is 0 Å². The molecule has 2 N–H and O–H groups in total. The highest BCUT2D eigenvalue weighted by atomic mass is 35.5. The number of nitrogens with zero attached hydrogens (tertiary/aromatic N) is 2. The molecular formula is C23H23ClN2O5. The molecule has 0 spiro atoms. The molecule has 0 aliphatic heterocycles. The molecule has 31 heavy (non-hydrogen) atoms. The predicted octanol–water partition coefficient (Wildman–Crippen LogP) is 4.83. The van der Waals surface area contributed by atoms with Crippen molar-refractivity contribution in [1.82, 2.24) is 10.1 Å². The largest absolute Gasteiger partial charge is 0.492 e. The topological polar surface area (TPSA) is 102 Å². The summed E-state index contributed by atoms with van der Waals surface area (Å²) in [6.45, 7) is 3.91. The summed E-state index contributed by atoms with van der Waals surface area (Å²) in [7, 11) is 0. The minimum Gasteiger partial charge on any atom is -0.492 e. The van der Waals surface area contributed by atoms with Crippen molar-refractivity contribution in [2.75, 3.05) is 19.8 Å². The summed E-state index contributed by atoms with van der Waals surface area (Å²) in [6, 6.07) is 12.7. The highest BCUT2D eigenvalue weighted by molar-refractivity contribution is 6.32. The van der Waals surface area contributed by atoms with E-state index in [0.717, 1.165) is 17.4 Å². The van der Waals surface area contributed by atoms with Crippen molar-refractivity contribution in [2.24, 2.45) is 0 Å². The first-order valence-electron chi connectivity index (χ1n) is 10.00. The van der Waals surface area contributed by atoms with Crippen LogP contribution < -0.4 is 4.74 Å². The minimum absolute atomic E-state index is 0.227. The molecule has 0 bridgehead atoms. The second-order valence-electron chi connectivity index (χ2n) is 7.66. The molecule has 4 rings (SSSR count). The van der Waals surface area contributed by atoms with Gasteiger partial charge in [-0.3, -0.25) is 0 Å². The Hall–Kier alpha value is -2.87. The first-order chi connectivity index (χ1) is 15.0. The van der Waals surface area contributed by atoms with Gasteiger partial charge in [0, 0.05) is 16.5 Å². The van der Waals surface area contributed by atoms with Crippen LogP contribution in [-0.4, -0.2) is 40.2 Å². The van der Waals surface area contributed by atoms with Crippen LogP contribution in [0.5, 0.6) is 5.75 Å². The summed E-state index contributed by atoms with van der Waals surface area (Å²) < 4.78 is 16.9. The average Bonchev–Trinajstić information content (AvgIpc) is 3.45. The number of ether oxygens (including phenoxy) is 1. The van der Waals surface area contributed by atoms with Crippen LogP contribution in [0.25, 0.3) is 33.8 Å². The number of aliphatic hydroxyl groups excluding tert-OH is 2. The normalized spacial score (nSPS) is 11.9. The molecule has 8 heteroatoms. The van der Waals surface area contributed by atoms with Crippen molar-refractivity contribution in [1.29, 1.82) is 0 Å². The standard InChI is InChI=1S/C23H23ClN2O5/c1-3-8-29-19-7-5-15(10-17(19)24)22-25-21(26-31-22)14-4-6-18-16(9-14)11-20(30-18)23(2,12-27)13-28/h4-7,9-11,27-28H,3,8,12-13H2,1-2H3. The number of fused-ring (bicyclic) bond motifs is 1. The highest BCUT2D eigenvalue weighted by Gasteiger charge is 2.29. The Kier molecular flexibility index (Phi) is 6.00. The molecule has 2 aromatic carbocycles. The lowest BCUT2D eigenvalue weighted by atomic mass is 9.90. The number of hydrogen-bond acceptors (Lipinski definition) is 7. The number of furan rings is 1. The van der Waals surface area contributed by atoms with Gasteiger partial charge in [0.25, 0.3) is 5.89 Å². The van der Waals surface area contributed by atoms with Crippen molar-refractivity contribution in [3.8, 4) is 28.6 Å². The van der Waals surface area contributed by atoms with Gasteiger partial charge in [0.1, 0.15) is 17.1 Å². The Morgan fingerprint density at radius 1 is 1.06 bits per heavy atom. The second-order valence-corrected chi connectivity index (χ2v) is 8.06. The molecule has 0 atom stereocenters. The minimum atomic E-state index is -0.856. The zero-order chi connectivity index (χ0) is 22.0. The summed E-state index contributed by atoms with van der Waals surface area (Å²) in [5, 5.41) is 24.6. The Balaban J connectivity index is 1.62. The van der Waals surface area contributed by atoms with Crippen LogP contribution in [0.15, 0.2) is 51.4 Å². The summed E-state index contributed by atoms with van der Waals surface area (Å²) in [5.41, 5.74) is 1.23. The van der Waals surface area contributed by atoms with E-state index in [0.29, 0.717) is 46.0 Å². The highest BCUT2D eigenvalue weighted by Crippen LogP contribution is 2.33. The van der Waals surface area contributed by atoms with Gasteiger partial charge in [-0.25, -0.2) is 0 Å². The molecule has 0 fully saturated rings. The molecule has 0 amide bonds. The van der Waals surface area contributed by atoms with E-state index in [1.54, 1.807) is 31.2 Å². The van der Waals surface area contributed by atoms with Gasteiger partial charge in [-0.2, -0.15) is 4.98 Å². The van der Waals surface area contributed by atoms with Crippen LogP contribution in [0.2, 0.25) is 5.02 Å². The first kappa shape index (κ1) is 21.4. The van der Waals surface area contributed by atoms with Gasteiger partial charge >= 0.3 is 0 Å². The van der Waals surface area contributed by atoms with Crippen LogP contribution in [0, 0.1) is 0 Å². The Bertz CT molecular complexity index is 1200. The zero-order valence-corrected chi connectivity index (χ0v) is 18.0. The van der Waals surface area contributed by atoms with Crippen molar-refractivity contribution in [3.63, 3.8) is 0 Å². The zero-order valence-electron chi connectivity index (χ0n) is 17.3. The molecule has 0 saturated carbocycles. The Labute approximate surface area is 184 Å². The Morgan fingerprint density at radius 3 is 2.55 bits per heavy atom. The van der Waals surface area contributed by atoms with Gasteiger partial charge in [-0.05, 0) is 55.8 Å². The number of halogens is 1. The fraction of sp³-hybridized carbons (Fsp3) is 0.304. The summed E-state index contributed by atoms with van der Waals surface area (Å²) in [6.07, 6.45) is 0.896. The van der Waals surface area contributed by atoms with Gasteiger partial charge in [0.2, 0.25) is 5.82 Å². The van der Waals surface area contributed by atoms with E-state index < -0.39 is 5.41 Å². The molecule has 7 nitrogen and oxygen atoms in total. The smallest absolute Gasteiger partial charge is 0.258 e. The summed E-state index contributed by atoms with van der Waals surface area (Å²) in [5.74, 6) is 1.90. The number of aromatic nitrogens is 2. The van der Waals surface area contributed by atoms with Crippen LogP contribution in [0.4, 0.5) is 0 Å². The molecular weight excluding hydrogens is 420 g/mol. The van der Waals surface area contributed by atoms with Gasteiger partial charge < -0.3 is 23.9 Å². The third kappa shape index (κ3) is 4.17. The van der Waals surface area contributed by atoms with Crippen molar-refractivity contribution >= 4 is 22.6 Å². The van der Waals surface area contributed by atoms with E-state index in [2.05, 4.69) is 10.1 Å². The van der Waals surface area contributed by atoms with Crippen LogP contribution in [0.3, 0.4) is 0 Å². The lowest BCUT2D eigenvalue weighted by molar-refractivity contribution is 0.114. The van der Waals surface area contributed by atoms with Crippen LogP contribution in [0.1, 0.15) is 26.0 Å². The molecule has 0 aliphatic carbocycles. The maximum atomic E-state index is 9.62. The SMILES string of the molecule is CCCOc1ccc(-c2nc(-c3ccc4oc(C(C)(CO)CO)cc4c3)no2)cc1Cl. The molecule has 2 aromatic heterocycles. The number of benzene rings is 2. The molecule has 0 radical (unpaired) electrons. The van der Waals surface area contributed by atoms with Crippen molar-refractivity contribution in [2.45, 2.75) is 25.7 Å². The van der Waals surface area contributed by atoms with Crippen LogP contribution >= 0.6 is 11.6 Å². The third-order valence-electron chi connectivity index (χ3n) is 5.13. The first-order valence-corrected chi connectivity index (χ1v) is 10.4. The number of rotatable bonds is 8. The van der Waals surface area contributed by atoms with Gasteiger partial charge in [0.15, 0.2) is 0 Å². The molecule has 0 aliphatic rings. The van der Waals surface area contributed by atoms with Crippen molar-refractivity contribution in [3.05, 3.63) is 53.2 Å². The molecule has 162 valence electrons. The lowest BCUT2D eigenvalue weighted by Gasteiger charge is -2.21. The maximum absolute atomic E-state index is 9.62. The summed E-state index contributed by atoms with van der Waals surface area (Å²) >= 11 is 6.31. The van der Waals surface area contributed by atoms with E-state index >= 15 is 0 Å². The van der Waals surface area contributed by atoms with Gasteiger partial charge in [-0.1, -0.05) is 23.7 Å². The molecule has 0 saturated heterocycles. The fourth-order valence-corrected chi connectivity index (χ4v) is 3.34. The van der Waals surface area contributed by atoms with Crippen LogP contribution in [-0.2, 0) is 5.41 Å². The molecule has 4 aromatic rings. The van der Waals surface area contributed by atoms with E-state index in [9.17, 15) is 10.2 Å². The quantitative estimate of drug-likeness (QED) is 0.402. The van der Waals surface area contributed by atoms with E-state index in [-0.39, 0.29) is 13.2 Å². The van der Waals surface area contributed by atoms with E-state index in [1.807, 2.05) is 25.1 Å². The number of aliphatic hydroxyl groups is 2. The lowest BCUT2D eigenvalue weighted by Crippen LogP contribution is -2.30. The molecule has 0 unspecified atom stereocenters. The fourth-order valence-electron chi connectivity index (χ4n) is 3.11. The van der Waals surface area contributed by atoms with Gasteiger partial charge in [-0.15, -0.1) is 0 Å². The van der Waals surface area contributed by atoms with Gasteiger partial charge in [0.05, 0.1) is 30.3 Å².